The van der Waals surface area contributed by atoms with E-state index in [1.165, 1.54) is 31.5 Å². The summed E-state index contributed by atoms with van der Waals surface area (Å²) in [4.78, 5) is 18.3. The van der Waals surface area contributed by atoms with Crippen molar-refractivity contribution in [3.63, 3.8) is 0 Å². The zero-order chi connectivity index (χ0) is 18.3. The van der Waals surface area contributed by atoms with Crippen molar-refractivity contribution in [1.82, 2.24) is 19.7 Å². The van der Waals surface area contributed by atoms with Gasteiger partial charge < -0.3 is 15.7 Å². The Balaban J connectivity index is 1.59. The number of carbonyl (C=O) groups is 1. The second kappa shape index (κ2) is 6.72. The van der Waals surface area contributed by atoms with Crippen LogP contribution in [0.2, 0.25) is 0 Å². The van der Waals surface area contributed by atoms with Crippen LogP contribution < -0.4 is 5.73 Å². The first-order valence-electron chi connectivity index (χ1n) is 9.32. The highest BCUT2D eigenvalue weighted by Gasteiger charge is 2.30. The number of carboxylic acids is 1. The molecule has 2 aromatic rings. The number of anilines is 1. The molecule has 0 unspecified atom stereocenters. The van der Waals surface area contributed by atoms with Gasteiger partial charge in [-0.05, 0) is 38.7 Å². The number of aromatic carboxylic acids is 1. The second-order valence-electron chi connectivity index (χ2n) is 7.36. The Morgan fingerprint density at radius 1 is 1.23 bits per heavy atom. The van der Waals surface area contributed by atoms with E-state index in [2.05, 4.69) is 15.0 Å². The van der Waals surface area contributed by atoms with Gasteiger partial charge in [0.15, 0.2) is 0 Å². The minimum atomic E-state index is -1.00. The van der Waals surface area contributed by atoms with Crippen molar-refractivity contribution in [2.24, 2.45) is 0 Å². The SMILES string of the molecule is Cc1c(-c2c(C(=O)O)ccnc2N)cnn1C1CCN(C2CCC2)CC1. The standard InChI is InChI=1S/C19H25N5O2/c1-12-16(17-15(19(25)26)5-8-21-18(17)20)11-22-24(12)14-6-9-23(10-7-14)13-3-2-4-13/h5,8,11,13-14H,2-4,6-7,9-10H2,1H3,(H2,20,21)(H,25,26). The van der Waals surface area contributed by atoms with E-state index in [9.17, 15) is 9.90 Å². The Morgan fingerprint density at radius 3 is 2.58 bits per heavy atom. The smallest absolute Gasteiger partial charge is 0.336 e. The lowest BCUT2D eigenvalue weighted by atomic mass is 9.89. The van der Waals surface area contributed by atoms with Crippen molar-refractivity contribution in [2.45, 2.75) is 51.1 Å². The molecule has 3 heterocycles. The highest BCUT2D eigenvalue weighted by atomic mass is 16.4. The second-order valence-corrected chi connectivity index (χ2v) is 7.36. The summed E-state index contributed by atoms with van der Waals surface area (Å²) in [7, 11) is 0. The highest BCUT2D eigenvalue weighted by molar-refractivity contribution is 5.99. The zero-order valence-corrected chi connectivity index (χ0v) is 15.1. The van der Waals surface area contributed by atoms with Gasteiger partial charge in [-0.25, -0.2) is 9.78 Å². The van der Waals surface area contributed by atoms with E-state index in [0.29, 0.717) is 11.6 Å². The minimum Gasteiger partial charge on any atom is -0.478 e. The van der Waals surface area contributed by atoms with Gasteiger partial charge in [0.2, 0.25) is 0 Å². The number of nitrogens with zero attached hydrogens (tertiary/aromatic N) is 4. The van der Waals surface area contributed by atoms with E-state index in [1.54, 1.807) is 6.20 Å². The Hall–Kier alpha value is -2.41. The maximum absolute atomic E-state index is 11.6. The normalized spacial score (nSPS) is 19.4. The van der Waals surface area contributed by atoms with Crippen molar-refractivity contribution in [3.05, 3.63) is 29.7 Å². The molecular weight excluding hydrogens is 330 g/mol. The van der Waals surface area contributed by atoms with Crippen molar-refractivity contribution in [2.75, 3.05) is 18.8 Å². The average molecular weight is 355 g/mol. The summed E-state index contributed by atoms with van der Waals surface area (Å²) >= 11 is 0. The van der Waals surface area contributed by atoms with E-state index >= 15 is 0 Å². The van der Waals surface area contributed by atoms with Crippen LogP contribution in [0.1, 0.15) is 54.2 Å². The fourth-order valence-electron chi connectivity index (χ4n) is 4.22. The van der Waals surface area contributed by atoms with Crippen molar-refractivity contribution in [1.29, 1.82) is 0 Å². The molecule has 1 saturated heterocycles. The number of aromatic nitrogens is 3. The van der Waals surface area contributed by atoms with Crippen LogP contribution in [-0.4, -0.2) is 49.9 Å². The van der Waals surface area contributed by atoms with Crippen LogP contribution in [0.5, 0.6) is 0 Å². The number of nitrogen functional groups attached to an aromatic ring is 1. The van der Waals surface area contributed by atoms with E-state index in [-0.39, 0.29) is 11.4 Å². The predicted octanol–water partition coefficient (Wildman–Crippen LogP) is 2.72. The summed E-state index contributed by atoms with van der Waals surface area (Å²) in [6, 6.07) is 2.63. The maximum Gasteiger partial charge on any atom is 0.336 e. The molecule has 0 bridgehead atoms. The number of hydrogen-bond donors (Lipinski definition) is 2. The van der Waals surface area contributed by atoms with Crippen LogP contribution in [0.4, 0.5) is 5.82 Å². The lowest BCUT2D eigenvalue weighted by Crippen LogP contribution is -2.45. The molecule has 0 atom stereocenters. The van der Waals surface area contributed by atoms with Gasteiger partial charge in [0.1, 0.15) is 5.82 Å². The number of pyridine rings is 1. The zero-order valence-electron chi connectivity index (χ0n) is 15.1. The summed E-state index contributed by atoms with van der Waals surface area (Å²) in [5, 5.41) is 14.1. The van der Waals surface area contributed by atoms with E-state index in [1.807, 2.05) is 11.6 Å². The molecule has 138 valence electrons. The van der Waals surface area contributed by atoms with Crippen LogP contribution in [0.15, 0.2) is 18.5 Å². The fourth-order valence-corrected chi connectivity index (χ4v) is 4.22. The molecule has 1 aliphatic carbocycles. The van der Waals surface area contributed by atoms with Gasteiger partial charge in [0.05, 0.1) is 17.8 Å². The van der Waals surface area contributed by atoms with Crippen molar-refractivity contribution in [3.8, 4) is 11.1 Å². The first-order chi connectivity index (χ1) is 12.6. The maximum atomic E-state index is 11.6. The van der Waals surface area contributed by atoms with Crippen molar-refractivity contribution < 1.29 is 9.90 Å². The fraction of sp³-hybridized carbons (Fsp3) is 0.526. The number of piperidine rings is 1. The van der Waals surface area contributed by atoms with Gasteiger partial charge in [-0.2, -0.15) is 5.10 Å². The number of rotatable bonds is 4. The van der Waals surface area contributed by atoms with Gasteiger partial charge in [-0.15, -0.1) is 0 Å². The topological polar surface area (TPSA) is 97.3 Å². The third-order valence-electron chi connectivity index (χ3n) is 5.96. The molecule has 7 nitrogen and oxygen atoms in total. The Morgan fingerprint density at radius 2 is 1.96 bits per heavy atom. The molecule has 1 aliphatic heterocycles. The molecule has 0 radical (unpaired) electrons. The van der Waals surface area contributed by atoms with Crippen LogP contribution in [0, 0.1) is 6.92 Å². The molecular formula is C19H25N5O2. The molecule has 2 aromatic heterocycles. The molecule has 4 rings (SSSR count). The number of carboxylic acid groups (broad SMARTS) is 1. The number of likely N-dealkylation sites (tertiary alicyclic amines) is 1. The van der Waals surface area contributed by atoms with E-state index < -0.39 is 5.97 Å². The lowest BCUT2D eigenvalue weighted by molar-refractivity contribution is 0.0697. The van der Waals surface area contributed by atoms with Crippen LogP contribution >= 0.6 is 0 Å². The van der Waals surface area contributed by atoms with Gasteiger partial charge >= 0.3 is 5.97 Å². The number of hydrogen-bond acceptors (Lipinski definition) is 5. The monoisotopic (exact) mass is 355 g/mol. The first-order valence-corrected chi connectivity index (χ1v) is 9.32. The molecule has 1 saturated carbocycles. The Bertz CT molecular complexity index is 819. The summed E-state index contributed by atoms with van der Waals surface area (Å²) in [6.45, 7) is 4.21. The van der Waals surface area contributed by atoms with E-state index in [0.717, 1.165) is 43.2 Å². The van der Waals surface area contributed by atoms with Gasteiger partial charge in [-0.1, -0.05) is 6.42 Å². The molecule has 0 spiro atoms. The molecule has 26 heavy (non-hydrogen) atoms. The van der Waals surface area contributed by atoms with Gasteiger partial charge in [0, 0.05) is 42.1 Å². The van der Waals surface area contributed by atoms with Crippen LogP contribution in [0.25, 0.3) is 11.1 Å². The van der Waals surface area contributed by atoms with Crippen molar-refractivity contribution >= 4 is 11.8 Å². The predicted molar refractivity (Wildman–Crippen MR) is 99.0 cm³/mol. The molecule has 2 aliphatic rings. The molecule has 0 amide bonds. The quantitative estimate of drug-likeness (QED) is 0.875. The van der Waals surface area contributed by atoms with Crippen LogP contribution in [-0.2, 0) is 0 Å². The largest absolute Gasteiger partial charge is 0.478 e. The minimum absolute atomic E-state index is 0.167. The average Bonchev–Trinajstić information content (AvgIpc) is 2.95. The summed E-state index contributed by atoms with van der Waals surface area (Å²) in [5.41, 5.74) is 8.35. The molecule has 7 heteroatoms. The van der Waals surface area contributed by atoms with Crippen LogP contribution in [0.3, 0.4) is 0 Å². The lowest BCUT2D eigenvalue weighted by Gasteiger charge is -2.42. The highest BCUT2D eigenvalue weighted by Crippen LogP contribution is 2.35. The van der Waals surface area contributed by atoms with Gasteiger partial charge in [-0.3, -0.25) is 4.68 Å². The third-order valence-corrected chi connectivity index (χ3v) is 5.96. The summed E-state index contributed by atoms with van der Waals surface area (Å²) < 4.78 is 2.05. The first kappa shape index (κ1) is 17.0. The summed E-state index contributed by atoms with van der Waals surface area (Å²) in [6.07, 6.45) is 9.36. The molecule has 2 fully saturated rings. The molecule has 3 N–H and O–H groups in total. The number of nitrogens with two attached hydrogens (primary N) is 1. The van der Waals surface area contributed by atoms with E-state index in [4.69, 9.17) is 5.73 Å². The molecule has 0 aromatic carbocycles. The Kier molecular flexibility index (Phi) is 4.40. The third kappa shape index (κ3) is 2.86. The summed E-state index contributed by atoms with van der Waals surface area (Å²) in [5.74, 6) is -0.776. The van der Waals surface area contributed by atoms with Gasteiger partial charge in [0.25, 0.3) is 0 Å². The Labute approximate surface area is 152 Å².